The van der Waals surface area contributed by atoms with Gasteiger partial charge < -0.3 is 10.1 Å². The minimum absolute atomic E-state index is 0.000657. The van der Waals surface area contributed by atoms with Gasteiger partial charge in [0.2, 0.25) is 15.9 Å². The number of benzene rings is 2. The molecule has 1 saturated heterocycles. The first-order valence-electron chi connectivity index (χ1n) is 10.8. The topological polar surface area (TPSA) is 75.7 Å². The van der Waals surface area contributed by atoms with Crippen LogP contribution >= 0.6 is 0 Å². The molecule has 0 aromatic heterocycles. The second-order valence-corrected chi connectivity index (χ2v) is 10.4. The number of carbonyl (C=O) groups is 1. The van der Waals surface area contributed by atoms with Crippen molar-refractivity contribution in [1.82, 2.24) is 9.62 Å². The van der Waals surface area contributed by atoms with Crippen LogP contribution in [-0.4, -0.2) is 37.8 Å². The highest BCUT2D eigenvalue weighted by molar-refractivity contribution is 7.88. The van der Waals surface area contributed by atoms with Gasteiger partial charge in [0.15, 0.2) is 0 Å². The molecule has 1 aliphatic heterocycles. The molecule has 3 rings (SSSR count). The van der Waals surface area contributed by atoms with Crippen molar-refractivity contribution in [2.75, 3.05) is 13.1 Å². The molecule has 6 nitrogen and oxygen atoms in total. The van der Waals surface area contributed by atoms with E-state index in [9.17, 15) is 13.2 Å². The van der Waals surface area contributed by atoms with Gasteiger partial charge in [0.25, 0.3) is 0 Å². The van der Waals surface area contributed by atoms with E-state index < -0.39 is 10.0 Å². The number of carbonyl (C=O) groups excluding carboxylic acids is 1. The Morgan fingerprint density at radius 2 is 1.61 bits per heavy atom. The molecule has 0 saturated carbocycles. The zero-order valence-corrected chi connectivity index (χ0v) is 19.3. The highest BCUT2D eigenvalue weighted by Gasteiger charge is 2.31. The van der Waals surface area contributed by atoms with E-state index in [1.165, 1.54) is 4.31 Å². The zero-order valence-electron chi connectivity index (χ0n) is 18.5. The number of hydrogen-bond acceptors (Lipinski definition) is 4. The molecular formula is C24H32N2O4S. The van der Waals surface area contributed by atoms with Crippen LogP contribution in [-0.2, 0) is 27.1 Å². The Labute approximate surface area is 185 Å². The molecule has 0 unspecified atom stereocenters. The van der Waals surface area contributed by atoms with E-state index in [0.717, 1.165) is 22.4 Å². The van der Waals surface area contributed by atoms with Gasteiger partial charge in [0.1, 0.15) is 5.75 Å². The predicted molar refractivity (Wildman–Crippen MR) is 122 cm³/mol. The van der Waals surface area contributed by atoms with Crippen LogP contribution in [0.5, 0.6) is 5.75 Å². The molecule has 168 valence electrons. The lowest BCUT2D eigenvalue weighted by molar-refractivity contribution is -0.126. The average molecular weight is 445 g/mol. The maximum atomic E-state index is 12.7. The summed E-state index contributed by atoms with van der Waals surface area (Å²) in [6, 6.07) is 15.2. The van der Waals surface area contributed by atoms with Gasteiger partial charge in [-0.05, 0) is 56.9 Å². The number of sulfonamides is 1. The van der Waals surface area contributed by atoms with Gasteiger partial charge >= 0.3 is 0 Å². The highest BCUT2D eigenvalue weighted by atomic mass is 32.2. The molecule has 31 heavy (non-hydrogen) atoms. The standard InChI is InChI=1S/C24H32N2O4S/c1-18(2)30-23-10-8-20(9-11-23)16-25-24(27)22-12-14-26(15-13-22)31(28,29)17-21-6-4-19(3)5-7-21/h4-11,18,22H,12-17H2,1-3H3,(H,25,27). The summed E-state index contributed by atoms with van der Waals surface area (Å²) in [5.41, 5.74) is 2.89. The number of hydrogen-bond donors (Lipinski definition) is 1. The number of ether oxygens (including phenoxy) is 1. The fraction of sp³-hybridized carbons (Fsp3) is 0.458. The Hall–Kier alpha value is -2.38. The maximum Gasteiger partial charge on any atom is 0.223 e. The summed E-state index contributed by atoms with van der Waals surface area (Å²) in [4.78, 5) is 12.6. The van der Waals surface area contributed by atoms with Crippen LogP contribution in [0.25, 0.3) is 0 Å². The SMILES string of the molecule is Cc1ccc(CS(=O)(=O)N2CCC(C(=O)NCc3ccc(OC(C)C)cc3)CC2)cc1. The van der Waals surface area contributed by atoms with Gasteiger partial charge in [0.05, 0.1) is 11.9 Å². The molecule has 0 bridgehead atoms. The Balaban J connectivity index is 1.46. The summed E-state index contributed by atoms with van der Waals surface area (Å²) < 4.78 is 32.6. The number of rotatable bonds is 8. The molecule has 0 spiro atoms. The maximum absolute atomic E-state index is 12.7. The summed E-state index contributed by atoms with van der Waals surface area (Å²) in [5, 5.41) is 2.98. The molecule has 1 N–H and O–H groups in total. The lowest BCUT2D eigenvalue weighted by atomic mass is 9.97. The first kappa shape index (κ1) is 23.3. The first-order chi connectivity index (χ1) is 14.7. The molecule has 0 atom stereocenters. The Bertz CT molecular complexity index is 962. The van der Waals surface area contributed by atoms with Crippen molar-refractivity contribution in [3.8, 4) is 5.75 Å². The third kappa shape index (κ3) is 6.80. The molecule has 1 amide bonds. The number of nitrogens with one attached hydrogen (secondary N) is 1. The molecule has 2 aromatic rings. The minimum Gasteiger partial charge on any atom is -0.491 e. The predicted octanol–water partition coefficient (Wildman–Crippen LogP) is 3.64. The molecule has 0 radical (unpaired) electrons. The van der Waals surface area contributed by atoms with Gasteiger partial charge in [-0.2, -0.15) is 0 Å². The van der Waals surface area contributed by atoms with E-state index in [4.69, 9.17) is 4.74 Å². The number of amides is 1. The second kappa shape index (κ2) is 10.3. The Morgan fingerprint density at radius 3 is 2.19 bits per heavy atom. The van der Waals surface area contributed by atoms with Gasteiger partial charge in [-0.25, -0.2) is 12.7 Å². The quantitative estimate of drug-likeness (QED) is 0.675. The van der Waals surface area contributed by atoms with E-state index in [1.807, 2.05) is 69.3 Å². The smallest absolute Gasteiger partial charge is 0.223 e. The zero-order chi connectivity index (χ0) is 22.4. The van der Waals surface area contributed by atoms with Crippen molar-refractivity contribution in [2.24, 2.45) is 5.92 Å². The van der Waals surface area contributed by atoms with Crippen LogP contribution in [0.3, 0.4) is 0 Å². The average Bonchev–Trinajstić information content (AvgIpc) is 2.74. The van der Waals surface area contributed by atoms with Crippen molar-refractivity contribution in [2.45, 2.75) is 52.0 Å². The van der Waals surface area contributed by atoms with Crippen LogP contribution in [0.4, 0.5) is 0 Å². The van der Waals surface area contributed by atoms with Gasteiger partial charge in [0, 0.05) is 25.6 Å². The van der Waals surface area contributed by atoms with Gasteiger partial charge in [-0.3, -0.25) is 4.79 Å². The lowest BCUT2D eigenvalue weighted by Crippen LogP contribution is -2.43. The molecule has 2 aromatic carbocycles. The molecule has 0 aliphatic carbocycles. The minimum atomic E-state index is -3.38. The van der Waals surface area contributed by atoms with Crippen LogP contribution in [0, 0.1) is 12.8 Å². The van der Waals surface area contributed by atoms with E-state index in [-0.39, 0.29) is 23.7 Å². The lowest BCUT2D eigenvalue weighted by Gasteiger charge is -2.30. The summed E-state index contributed by atoms with van der Waals surface area (Å²) >= 11 is 0. The van der Waals surface area contributed by atoms with Crippen molar-refractivity contribution >= 4 is 15.9 Å². The van der Waals surface area contributed by atoms with Crippen molar-refractivity contribution in [3.63, 3.8) is 0 Å². The molecule has 1 heterocycles. The van der Waals surface area contributed by atoms with Crippen LogP contribution in [0.2, 0.25) is 0 Å². The first-order valence-corrected chi connectivity index (χ1v) is 12.4. The van der Waals surface area contributed by atoms with E-state index in [2.05, 4.69) is 5.32 Å². The van der Waals surface area contributed by atoms with Crippen molar-refractivity contribution in [3.05, 3.63) is 65.2 Å². The molecular weight excluding hydrogens is 412 g/mol. The number of aryl methyl sites for hydroxylation is 1. The monoisotopic (exact) mass is 444 g/mol. The summed E-state index contributed by atoms with van der Waals surface area (Å²) in [7, 11) is -3.38. The Morgan fingerprint density at radius 1 is 1.03 bits per heavy atom. The second-order valence-electron chi connectivity index (χ2n) is 8.44. The summed E-state index contributed by atoms with van der Waals surface area (Å²) in [5.74, 6) is 0.637. The molecule has 1 aliphatic rings. The Kier molecular flexibility index (Phi) is 7.73. The van der Waals surface area contributed by atoms with E-state index in [1.54, 1.807) is 0 Å². The fourth-order valence-corrected chi connectivity index (χ4v) is 5.24. The van der Waals surface area contributed by atoms with Crippen molar-refractivity contribution in [1.29, 1.82) is 0 Å². The van der Waals surface area contributed by atoms with E-state index >= 15 is 0 Å². The molecule has 1 fully saturated rings. The fourth-order valence-electron chi connectivity index (χ4n) is 3.67. The largest absolute Gasteiger partial charge is 0.491 e. The van der Waals surface area contributed by atoms with Crippen LogP contribution in [0.1, 0.15) is 43.4 Å². The van der Waals surface area contributed by atoms with Crippen molar-refractivity contribution < 1.29 is 17.9 Å². The summed E-state index contributed by atoms with van der Waals surface area (Å²) in [6.07, 6.45) is 1.21. The molecule has 7 heteroatoms. The van der Waals surface area contributed by atoms with Gasteiger partial charge in [-0.1, -0.05) is 42.0 Å². The van der Waals surface area contributed by atoms with Gasteiger partial charge in [-0.15, -0.1) is 0 Å². The van der Waals surface area contributed by atoms with Crippen LogP contribution in [0.15, 0.2) is 48.5 Å². The normalized spacial score (nSPS) is 15.7. The number of piperidine rings is 1. The van der Waals surface area contributed by atoms with Crippen LogP contribution < -0.4 is 10.1 Å². The summed E-state index contributed by atoms with van der Waals surface area (Å²) in [6.45, 7) is 7.15. The highest BCUT2D eigenvalue weighted by Crippen LogP contribution is 2.22. The third-order valence-corrected chi connectivity index (χ3v) is 7.30. The van der Waals surface area contributed by atoms with E-state index in [0.29, 0.717) is 32.5 Å². The number of nitrogens with zero attached hydrogens (tertiary/aromatic N) is 1. The third-order valence-electron chi connectivity index (χ3n) is 5.45.